The number of nitrogens with zero attached hydrogens (tertiary/aromatic N) is 4. The van der Waals surface area contributed by atoms with Crippen LogP contribution < -0.4 is 10.0 Å². The van der Waals surface area contributed by atoms with Crippen molar-refractivity contribution in [1.29, 1.82) is 0 Å². The van der Waals surface area contributed by atoms with Crippen molar-refractivity contribution in [3.8, 4) is 0 Å². The zero-order valence-electron chi connectivity index (χ0n) is 16.6. The summed E-state index contributed by atoms with van der Waals surface area (Å²) in [5.74, 6) is 1.59. The number of halogens is 1. The van der Waals surface area contributed by atoms with Crippen molar-refractivity contribution in [2.24, 2.45) is 5.92 Å². The lowest BCUT2D eigenvalue weighted by atomic mass is 9.80. The first-order valence-corrected chi connectivity index (χ1v) is 11.9. The standard InChI is InChI=1S/C18H23BrN6O4S/c1-10-23-24-18(29-10)12-4-14(5-12)22-17-15(6-13(19)8-20-17)30(27,28)21-7-11-3-16(26)25(2)9-11/h6,8,11-12,14,21H,3-5,7,9H2,1-2H3,(H,20,22). The zero-order chi connectivity index (χ0) is 21.5. The predicted molar refractivity (Wildman–Crippen MR) is 111 cm³/mol. The Balaban J connectivity index is 1.42. The van der Waals surface area contributed by atoms with E-state index >= 15 is 0 Å². The fourth-order valence-corrected chi connectivity index (χ4v) is 5.48. The molecule has 3 heterocycles. The van der Waals surface area contributed by atoms with E-state index in [9.17, 15) is 13.2 Å². The maximum Gasteiger partial charge on any atom is 0.244 e. The summed E-state index contributed by atoms with van der Waals surface area (Å²) in [6, 6.07) is 1.59. The molecule has 162 valence electrons. The fourth-order valence-electron chi connectivity index (χ4n) is 3.74. The number of hydrogen-bond acceptors (Lipinski definition) is 8. The highest BCUT2D eigenvalue weighted by Gasteiger charge is 2.35. The average Bonchev–Trinajstić information content (AvgIpc) is 3.22. The number of hydrogen-bond donors (Lipinski definition) is 2. The van der Waals surface area contributed by atoms with E-state index in [1.807, 2.05) is 0 Å². The SMILES string of the molecule is Cc1nnc(C2CC(Nc3ncc(Br)cc3S(=O)(=O)NCC3CC(=O)N(C)C3)C2)o1. The molecule has 1 atom stereocenters. The van der Waals surface area contributed by atoms with Gasteiger partial charge in [0.1, 0.15) is 10.7 Å². The molecule has 1 unspecified atom stereocenters. The molecule has 2 aromatic rings. The third-order valence-corrected chi connectivity index (χ3v) is 7.33. The van der Waals surface area contributed by atoms with Gasteiger partial charge in [-0.15, -0.1) is 10.2 Å². The van der Waals surface area contributed by atoms with Gasteiger partial charge in [0.15, 0.2) is 0 Å². The third-order valence-electron chi connectivity index (χ3n) is 5.46. The number of carbonyl (C=O) groups excluding carboxylic acids is 1. The molecule has 0 bridgehead atoms. The molecule has 2 aliphatic rings. The summed E-state index contributed by atoms with van der Waals surface area (Å²) < 4.78 is 34.6. The lowest BCUT2D eigenvalue weighted by Gasteiger charge is -2.34. The molecule has 4 rings (SSSR count). The normalized spacial score (nSPS) is 24.2. The summed E-state index contributed by atoms with van der Waals surface area (Å²) in [7, 11) is -2.08. The minimum Gasteiger partial charge on any atom is -0.425 e. The molecule has 1 saturated carbocycles. The Bertz CT molecular complexity index is 1050. The van der Waals surface area contributed by atoms with Crippen LogP contribution in [-0.4, -0.2) is 60.6 Å². The van der Waals surface area contributed by atoms with Crippen LogP contribution in [0, 0.1) is 12.8 Å². The molecular weight excluding hydrogens is 476 g/mol. The number of amides is 1. The molecule has 0 radical (unpaired) electrons. The van der Waals surface area contributed by atoms with E-state index < -0.39 is 10.0 Å². The highest BCUT2D eigenvalue weighted by Crippen LogP contribution is 2.38. The summed E-state index contributed by atoms with van der Waals surface area (Å²) in [5.41, 5.74) is 0. The van der Waals surface area contributed by atoms with Crippen molar-refractivity contribution in [3.63, 3.8) is 0 Å². The Kier molecular flexibility index (Phi) is 5.82. The number of aryl methyl sites for hydroxylation is 1. The van der Waals surface area contributed by atoms with Crippen LogP contribution >= 0.6 is 15.9 Å². The Morgan fingerprint density at radius 2 is 2.10 bits per heavy atom. The first-order valence-electron chi connectivity index (χ1n) is 9.67. The lowest BCUT2D eigenvalue weighted by Crippen LogP contribution is -2.36. The molecule has 1 saturated heterocycles. The number of likely N-dealkylation sites (tertiary alicyclic amines) is 1. The summed E-state index contributed by atoms with van der Waals surface area (Å²) in [6.45, 7) is 2.49. The van der Waals surface area contributed by atoms with Crippen molar-refractivity contribution in [2.75, 3.05) is 25.5 Å². The Morgan fingerprint density at radius 1 is 1.33 bits per heavy atom. The maximum absolute atomic E-state index is 13.0. The van der Waals surface area contributed by atoms with Crippen molar-refractivity contribution in [1.82, 2.24) is 24.8 Å². The van der Waals surface area contributed by atoms with Crippen LogP contribution in [0.1, 0.15) is 37.0 Å². The van der Waals surface area contributed by atoms with E-state index in [0.717, 1.165) is 12.8 Å². The molecule has 2 fully saturated rings. The molecule has 2 aromatic heterocycles. The van der Waals surface area contributed by atoms with Gasteiger partial charge in [0, 0.05) is 56.1 Å². The van der Waals surface area contributed by atoms with Gasteiger partial charge in [-0.2, -0.15) is 0 Å². The highest BCUT2D eigenvalue weighted by molar-refractivity contribution is 9.10. The monoisotopic (exact) mass is 498 g/mol. The van der Waals surface area contributed by atoms with Gasteiger partial charge in [-0.3, -0.25) is 4.79 Å². The molecule has 1 aliphatic heterocycles. The van der Waals surface area contributed by atoms with Gasteiger partial charge in [0.25, 0.3) is 0 Å². The first-order chi connectivity index (χ1) is 14.2. The number of aromatic nitrogens is 3. The van der Waals surface area contributed by atoms with Gasteiger partial charge < -0.3 is 14.6 Å². The summed E-state index contributed by atoms with van der Waals surface area (Å²) in [6.07, 6.45) is 3.41. The first kappa shape index (κ1) is 21.2. The number of sulfonamides is 1. The van der Waals surface area contributed by atoms with E-state index in [1.54, 1.807) is 25.1 Å². The second-order valence-electron chi connectivity index (χ2n) is 7.87. The van der Waals surface area contributed by atoms with Crippen LogP contribution in [0.25, 0.3) is 0 Å². The molecule has 2 N–H and O–H groups in total. The van der Waals surface area contributed by atoms with Crippen LogP contribution in [-0.2, 0) is 14.8 Å². The van der Waals surface area contributed by atoms with Gasteiger partial charge in [-0.25, -0.2) is 18.1 Å². The summed E-state index contributed by atoms with van der Waals surface area (Å²) in [5, 5.41) is 11.1. The smallest absolute Gasteiger partial charge is 0.244 e. The molecule has 30 heavy (non-hydrogen) atoms. The minimum atomic E-state index is -3.80. The average molecular weight is 499 g/mol. The highest BCUT2D eigenvalue weighted by atomic mass is 79.9. The van der Waals surface area contributed by atoms with Gasteiger partial charge in [0.2, 0.25) is 27.7 Å². The molecule has 1 aliphatic carbocycles. The van der Waals surface area contributed by atoms with Crippen LogP contribution in [0.5, 0.6) is 0 Å². The molecule has 1 amide bonds. The molecule has 10 nitrogen and oxygen atoms in total. The molecular formula is C18H23BrN6O4S. The number of anilines is 1. The van der Waals surface area contributed by atoms with Crippen LogP contribution in [0.2, 0.25) is 0 Å². The van der Waals surface area contributed by atoms with E-state index in [1.165, 1.54) is 6.07 Å². The van der Waals surface area contributed by atoms with E-state index in [2.05, 4.69) is 41.2 Å². The van der Waals surface area contributed by atoms with Crippen LogP contribution in [0.4, 0.5) is 5.82 Å². The van der Waals surface area contributed by atoms with Gasteiger partial charge >= 0.3 is 0 Å². The van der Waals surface area contributed by atoms with Gasteiger partial charge in [-0.05, 0) is 40.8 Å². The van der Waals surface area contributed by atoms with Crippen molar-refractivity contribution in [2.45, 2.75) is 43.0 Å². The van der Waals surface area contributed by atoms with Crippen molar-refractivity contribution >= 4 is 37.7 Å². The van der Waals surface area contributed by atoms with Gasteiger partial charge in [-0.1, -0.05) is 0 Å². The second-order valence-corrected chi connectivity index (χ2v) is 10.5. The fraction of sp³-hybridized carbons (Fsp3) is 0.556. The minimum absolute atomic E-state index is 0.0293. The van der Waals surface area contributed by atoms with Crippen LogP contribution in [0.15, 0.2) is 26.0 Å². The van der Waals surface area contributed by atoms with Crippen molar-refractivity contribution in [3.05, 3.63) is 28.5 Å². The van der Waals surface area contributed by atoms with E-state index in [-0.39, 0.29) is 35.2 Å². The number of nitrogens with one attached hydrogen (secondary N) is 2. The molecule has 0 spiro atoms. The Labute approximate surface area is 183 Å². The van der Waals surface area contributed by atoms with Gasteiger partial charge in [0.05, 0.1) is 0 Å². The summed E-state index contributed by atoms with van der Waals surface area (Å²) in [4.78, 5) is 17.6. The summed E-state index contributed by atoms with van der Waals surface area (Å²) >= 11 is 3.30. The van der Waals surface area contributed by atoms with E-state index in [4.69, 9.17) is 4.42 Å². The topological polar surface area (TPSA) is 130 Å². The number of carbonyl (C=O) groups is 1. The largest absolute Gasteiger partial charge is 0.425 e. The quantitative estimate of drug-likeness (QED) is 0.588. The van der Waals surface area contributed by atoms with Crippen molar-refractivity contribution < 1.29 is 17.6 Å². The van der Waals surface area contributed by atoms with E-state index in [0.29, 0.717) is 35.0 Å². The molecule has 0 aromatic carbocycles. The molecule has 12 heteroatoms. The predicted octanol–water partition coefficient (Wildman–Crippen LogP) is 1.65. The zero-order valence-corrected chi connectivity index (χ0v) is 19.0. The maximum atomic E-state index is 13.0. The Hall–Kier alpha value is -2.05. The second kappa shape index (κ2) is 8.23. The number of pyridine rings is 1. The lowest BCUT2D eigenvalue weighted by molar-refractivity contribution is -0.126. The van der Waals surface area contributed by atoms with Crippen LogP contribution in [0.3, 0.4) is 0 Å². The number of rotatable bonds is 7. The third kappa shape index (κ3) is 4.49. The Morgan fingerprint density at radius 3 is 2.73 bits per heavy atom.